The van der Waals surface area contributed by atoms with Crippen molar-refractivity contribution in [2.45, 2.75) is 26.4 Å². The van der Waals surface area contributed by atoms with Crippen LogP contribution in [0, 0.1) is 10.1 Å². The van der Waals surface area contributed by atoms with E-state index in [1.54, 1.807) is 20.8 Å². The molecule has 8 nitrogen and oxygen atoms in total. The summed E-state index contributed by atoms with van der Waals surface area (Å²) >= 11 is 8.67. The van der Waals surface area contributed by atoms with Gasteiger partial charge >= 0.3 is 17.7 Å². The maximum Gasteiger partial charge on any atom is 0.412 e. The molecule has 1 rings (SSSR count). The van der Waals surface area contributed by atoms with Crippen molar-refractivity contribution in [1.82, 2.24) is 0 Å². The van der Waals surface area contributed by atoms with Crippen molar-refractivity contribution in [3.8, 4) is 0 Å². The minimum absolute atomic E-state index is 0.143. The summed E-state index contributed by atoms with van der Waals surface area (Å²) in [5, 5.41) is 22.2. The molecule has 0 aromatic heterocycles. The van der Waals surface area contributed by atoms with Gasteiger partial charge in [0, 0.05) is 0 Å². The number of hydrogen-bond acceptors (Lipinski definition) is 5. The number of nitrogens with one attached hydrogen (secondary N) is 1. The highest BCUT2D eigenvalue weighted by Crippen LogP contribution is 2.41. The Labute approximate surface area is 138 Å². The number of nitro benzene ring substituents is 1. The Bertz CT molecular complexity index is 656. The molecule has 1 aromatic rings. The Morgan fingerprint density at radius 2 is 2.00 bits per heavy atom. The van der Waals surface area contributed by atoms with Crippen LogP contribution in [0.5, 0.6) is 0 Å². The molecule has 0 atom stereocenters. The lowest BCUT2D eigenvalue weighted by molar-refractivity contribution is -0.384. The van der Waals surface area contributed by atoms with Gasteiger partial charge in [-0.3, -0.25) is 15.4 Å². The van der Waals surface area contributed by atoms with Gasteiger partial charge in [-0.2, -0.15) is 0 Å². The van der Waals surface area contributed by atoms with Gasteiger partial charge in [0.2, 0.25) is 0 Å². The van der Waals surface area contributed by atoms with Crippen LogP contribution in [0.3, 0.4) is 0 Å². The Morgan fingerprint density at radius 3 is 2.41 bits per heavy atom. The minimum atomic E-state index is -1.48. The van der Waals surface area contributed by atoms with Crippen molar-refractivity contribution in [2.24, 2.45) is 0 Å². The van der Waals surface area contributed by atoms with Crippen LogP contribution >= 0.6 is 27.5 Å². The predicted molar refractivity (Wildman–Crippen MR) is 82.6 cm³/mol. The van der Waals surface area contributed by atoms with E-state index < -0.39 is 39.5 Å². The number of carboxylic acid groups (broad SMARTS) is 1. The van der Waals surface area contributed by atoms with Gasteiger partial charge < -0.3 is 9.84 Å². The predicted octanol–water partition coefficient (Wildman–Crippen LogP) is 4.06. The Kier molecular flexibility index (Phi) is 5.36. The highest BCUT2D eigenvalue weighted by atomic mass is 79.9. The van der Waals surface area contributed by atoms with E-state index in [9.17, 15) is 19.7 Å². The average Bonchev–Trinajstić information content (AvgIpc) is 2.30. The zero-order chi connectivity index (χ0) is 17.2. The molecule has 120 valence electrons. The Hall–Kier alpha value is -1.87. The first-order valence-corrected chi connectivity index (χ1v) is 7.01. The minimum Gasteiger partial charge on any atom is -0.478 e. The fraction of sp³-hybridized carbons (Fsp3) is 0.333. The van der Waals surface area contributed by atoms with Crippen LogP contribution in [-0.4, -0.2) is 27.7 Å². The van der Waals surface area contributed by atoms with Gasteiger partial charge in [0.15, 0.2) is 0 Å². The zero-order valence-corrected chi connectivity index (χ0v) is 14.1. The van der Waals surface area contributed by atoms with Gasteiger partial charge in [-0.1, -0.05) is 11.6 Å². The molecule has 2 N–H and O–H groups in total. The third-order valence-electron chi connectivity index (χ3n) is 2.23. The standard InChI is InChI=1S/C12H12BrClN2O6/c1-12(2,3)22-11(19)15-8-5(10(17)18)4-6(14)7(13)9(8)16(20)21/h4H,1-3H3,(H,15,19)(H,17,18). The van der Waals surface area contributed by atoms with Crippen LogP contribution < -0.4 is 5.32 Å². The molecule has 0 aliphatic heterocycles. The first-order valence-electron chi connectivity index (χ1n) is 5.83. The molecule has 0 spiro atoms. The van der Waals surface area contributed by atoms with E-state index in [1.165, 1.54) is 0 Å². The highest BCUT2D eigenvalue weighted by molar-refractivity contribution is 9.10. The first-order chi connectivity index (χ1) is 9.94. The van der Waals surface area contributed by atoms with Crippen LogP contribution in [0.1, 0.15) is 31.1 Å². The summed E-state index contributed by atoms with van der Waals surface area (Å²) in [7, 11) is 0. The van der Waals surface area contributed by atoms with E-state index in [0.717, 1.165) is 6.07 Å². The third kappa shape index (κ3) is 4.31. The maximum absolute atomic E-state index is 11.8. The zero-order valence-electron chi connectivity index (χ0n) is 11.8. The molecule has 1 aromatic carbocycles. The van der Waals surface area contributed by atoms with E-state index >= 15 is 0 Å². The van der Waals surface area contributed by atoms with Crippen molar-refractivity contribution in [1.29, 1.82) is 0 Å². The molecule has 0 heterocycles. The van der Waals surface area contributed by atoms with E-state index in [-0.39, 0.29) is 9.50 Å². The molecule has 1 amide bonds. The van der Waals surface area contributed by atoms with Crippen LogP contribution in [0.15, 0.2) is 10.5 Å². The van der Waals surface area contributed by atoms with E-state index in [2.05, 4.69) is 21.2 Å². The second kappa shape index (κ2) is 6.49. The van der Waals surface area contributed by atoms with Gasteiger partial charge in [-0.25, -0.2) is 9.59 Å². The van der Waals surface area contributed by atoms with Crippen LogP contribution in [-0.2, 0) is 4.74 Å². The molecular weight excluding hydrogens is 383 g/mol. The van der Waals surface area contributed by atoms with Crippen molar-refractivity contribution in [3.05, 3.63) is 31.2 Å². The van der Waals surface area contributed by atoms with Crippen molar-refractivity contribution in [3.63, 3.8) is 0 Å². The molecule has 0 radical (unpaired) electrons. The summed E-state index contributed by atoms with van der Waals surface area (Å²) in [4.78, 5) is 33.3. The van der Waals surface area contributed by atoms with Gasteiger partial charge in [0.05, 0.1) is 15.5 Å². The summed E-state index contributed by atoms with van der Waals surface area (Å²) in [6, 6.07) is 0.994. The first kappa shape index (κ1) is 18.2. The number of ether oxygens (including phenoxy) is 1. The Balaban J connectivity index is 3.43. The summed E-state index contributed by atoms with van der Waals surface area (Å²) in [5.74, 6) is -1.48. The lowest BCUT2D eigenvalue weighted by Gasteiger charge is -2.20. The number of amides is 1. The molecular formula is C12H12BrClN2O6. The molecule has 0 aliphatic carbocycles. The number of anilines is 1. The maximum atomic E-state index is 11.8. The fourth-order valence-electron chi connectivity index (χ4n) is 1.48. The molecule has 0 saturated heterocycles. The van der Waals surface area contributed by atoms with Crippen molar-refractivity contribution >= 4 is 51.0 Å². The molecule has 10 heteroatoms. The number of carbonyl (C=O) groups excluding carboxylic acids is 1. The normalized spacial score (nSPS) is 11.0. The summed E-state index contributed by atoms with van der Waals surface area (Å²) in [6.45, 7) is 4.78. The van der Waals surface area contributed by atoms with E-state index in [1.807, 2.05) is 0 Å². The summed E-state index contributed by atoms with van der Waals surface area (Å²) < 4.78 is 4.82. The van der Waals surface area contributed by atoms with Crippen molar-refractivity contribution in [2.75, 3.05) is 5.32 Å². The number of benzene rings is 1. The number of rotatable bonds is 3. The van der Waals surface area contributed by atoms with Crippen molar-refractivity contribution < 1.29 is 24.4 Å². The van der Waals surface area contributed by atoms with Crippen LogP contribution in [0.25, 0.3) is 0 Å². The quantitative estimate of drug-likeness (QED) is 0.588. The SMILES string of the molecule is CC(C)(C)OC(=O)Nc1c(C(=O)O)cc(Cl)c(Br)c1[N+](=O)[O-]. The van der Waals surface area contributed by atoms with Gasteiger partial charge in [-0.15, -0.1) is 0 Å². The number of hydrogen-bond donors (Lipinski definition) is 2. The molecule has 0 fully saturated rings. The smallest absolute Gasteiger partial charge is 0.412 e. The number of nitrogens with zero attached hydrogens (tertiary/aromatic N) is 1. The lowest BCUT2D eigenvalue weighted by atomic mass is 10.1. The molecule has 0 aliphatic rings. The molecule has 0 saturated carbocycles. The van der Waals surface area contributed by atoms with E-state index in [4.69, 9.17) is 21.4 Å². The fourth-order valence-corrected chi connectivity index (χ4v) is 2.14. The van der Waals surface area contributed by atoms with Crippen LogP contribution in [0.4, 0.5) is 16.2 Å². The average molecular weight is 396 g/mol. The Morgan fingerprint density at radius 1 is 1.45 bits per heavy atom. The van der Waals surface area contributed by atoms with Crippen LogP contribution in [0.2, 0.25) is 5.02 Å². The lowest BCUT2D eigenvalue weighted by Crippen LogP contribution is -2.28. The summed E-state index contributed by atoms with van der Waals surface area (Å²) in [5.41, 5.74) is -2.56. The monoisotopic (exact) mass is 394 g/mol. The second-order valence-electron chi connectivity index (χ2n) is 5.13. The third-order valence-corrected chi connectivity index (χ3v) is 3.56. The second-order valence-corrected chi connectivity index (χ2v) is 6.33. The molecule has 0 unspecified atom stereocenters. The van der Waals surface area contributed by atoms with E-state index in [0.29, 0.717) is 0 Å². The number of carbonyl (C=O) groups is 2. The number of halogens is 2. The highest BCUT2D eigenvalue weighted by Gasteiger charge is 2.30. The summed E-state index contributed by atoms with van der Waals surface area (Å²) in [6.07, 6.45) is -1.02. The number of aromatic carboxylic acids is 1. The largest absolute Gasteiger partial charge is 0.478 e. The van der Waals surface area contributed by atoms with Gasteiger partial charge in [0.1, 0.15) is 15.8 Å². The molecule has 0 bridgehead atoms. The van der Waals surface area contributed by atoms with Gasteiger partial charge in [0.25, 0.3) is 0 Å². The number of nitro groups is 1. The topological polar surface area (TPSA) is 119 Å². The molecule has 22 heavy (non-hydrogen) atoms. The van der Waals surface area contributed by atoms with Gasteiger partial charge in [-0.05, 0) is 42.8 Å². The number of carboxylic acids is 1.